The Morgan fingerprint density at radius 1 is 1.33 bits per heavy atom. The van der Waals surface area contributed by atoms with Crippen molar-refractivity contribution in [3.63, 3.8) is 0 Å². The molecule has 1 fully saturated rings. The summed E-state index contributed by atoms with van der Waals surface area (Å²) in [7, 11) is 0. The summed E-state index contributed by atoms with van der Waals surface area (Å²) in [6, 6.07) is 8.47. The molecule has 0 bridgehead atoms. The fourth-order valence-electron chi connectivity index (χ4n) is 3.53. The molecule has 1 N–H and O–H groups in total. The van der Waals surface area contributed by atoms with E-state index in [1.807, 2.05) is 6.07 Å². The topological polar surface area (TPSA) is 96.5 Å². The van der Waals surface area contributed by atoms with Crippen LogP contribution in [0, 0.1) is 11.3 Å². The number of nitriles is 1. The van der Waals surface area contributed by atoms with Crippen LogP contribution >= 0.6 is 27.5 Å². The van der Waals surface area contributed by atoms with Gasteiger partial charge >= 0.3 is 6.18 Å². The normalized spacial score (nSPS) is 15.5. The Bertz CT molecular complexity index is 1260. The lowest BCUT2D eigenvalue weighted by molar-refractivity contribution is -0.160. The number of aromatic nitrogens is 4. The number of nitrogens with one attached hydrogen (secondary N) is 1. The van der Waals surface area contributed by atoms with Crippen LogP contribution in [0.25, 0.3) is 5.82 Å². The van der Waals surface area contributed by atoms with E-state index in [9.17, 15) is 18.0 Å². The summed E-state index contributed by atoms with van der Waals surface area (Å²) < 4.78 is 42.4. The van der Waals surface area contributed by atoms with E-state index in [1.54, 1.807) is 19.1 Å². The van der Waals surface area contributed by atoms with Crippen molar-refractivity contribution in [2.45, 2.75) is 37.4 Å². The molecule has 0 saturated heterocycles. The summed E-state index contributed by atoms with van der Waals surface area (Å²) in [5, 5.41) is 15.6. The average Bonchev–Trinajstić information content (AvgIpc) is 3.50. The number of hydrogen-bond acceptors (Lipinski definition) is 5. The third-order valence-corrected chi connectivity index (χ3v) is 6.06. The lowest BCUT2D eigenvalue weighted by Gasteiger charge is -2.21. The maximum atomic E-state index is 13.6. The predicted octanol–water partition coefficient (Wildman–Crippen LogP) is 5.03. The van der Waals surface area contributed by atoms with Crippen molar-refractivity contribution in [2.24, 2.45) is 0 Å². The van der Waals surface area contributed by atoms with Crippen LogP contribution in [0.1, 0.15) is 53.1 Å². The summed E-state index contributed by atoms with van der Waals surface area (Å²) in [6.07, 6.45) is -3.06. The number of hydrogen-bond donors (Lipinski definition) is 1. The molecule has 7 nitrogen and oxygen atoms in total. The maximum absolute atomic E-state index is 13.6. The summed E-state index contributed by atoms with van der Waals surface area (Å²) >= 11 is 9.18. The van der Waals surface area contributed by atoms with Gasteiger partial charge in [-0.2, -0.15) is 28.1 Å². The van der Waals surface area contributed by atoms with Crippen molar-refractivity contribution in [1.82, 2.24) is 25.1 Å². The molecule has 12 heteroatoms. The van der Waals surface area contributed by atoms with Gasteiger partial charge in [0, 0.05) is 16.2 Å². The Morgan fingerprint density at radius 3 is 2.64 bits per heavy atom. The Labute approximate surface area is 199 Å². The molecule has 170 valence electrons. The highest BCUT2D eigenvalue weighted by Crippen LogP contribution is 2.59. The molecular formula is C21H15BrClF3N6O. The molecule has 2 heterocycles. The minimum absolute atomic E-state index is 0.0103. The largest absolute Gasteiger partial charge is 0.398 e. The molecule has 1 aliphatic carbocycles. The van der Waals surface area contributed by atoms with E-state index in [-0.39, 0.29) is 35.1 Å². The number of carbonyl (C=O) groups is 1. The third-order valence-electron chi connectivity index (χ3n) is 5.44. The van der Waals surface area contributed by atoms with Gasteiger partial charge in [0.2, 0.25) is 5.28 Å². The molecule has 4 rings (SSSR count). The first kappa shape index (κ1) is 23.2. The van der Waals surface area contributed by atoms with E-state index < -0.39 is 23.5 Å². The number of amides is 1. The number of halogens is 5. The summed E-state index contributed by atoms with van der Waals surface area (Å²) in [4.78, 5) is 21.2. The van der Waals surface area contributed by atoms with E-state index in [1.165, 1.54) is 29.1 Å². The number of rotatable bonds is 5. The van der Waals surface area contributed by atoms with Crippen LogP contribution in [0.2, 0.25) is 5.28 Å². The monoisotopic (exact) mass is 538 g/mol. The van der Waals surface area contributed by atoms with Gasteiger partial charge in [0.15, 0.2) is 11.6 Å². The van der Waals surface area contributed by atoms with E-state index in [2.05, 4.69) is 36.3 Å². The number of alkyl halides is 3. The predicted molar refractivity (Wildman–Crippen MR) is 116 cm³/mol. The number of carbonyl (C=O) groups excluding carboxylic acids is 1. The van der Waals surface area contributed by atoms with Crippen LogP contribution in [-0.2, 0) is 5.41 Å². The fraction of sp³-hybridized carbons (Fsp3) is 0.286. The van der Waals surface area contributed by atoms with Crippen LogP contribution in [0.5, 0.6) is 0 Å². The zero-order chi connectivity index (χ0) is 24.0. The Kier molecular flexibility index (Phi) is 5.92. The highest BCUT2D eigenvalue weighted by Gasteiger charge is 2.64. The molecule has 1 saturated carbocycles. The molecule has 2 aromatic heterocycles. The zero-order valence-electron chi connectivity index (χ0n) is 17.0. The second kappa shape index (κ2) is 8.43. The van der Waals surface area contributed by atoms with Crippen LogP contribution in [0.15, 0.2) is 41.0 Å². The summed E-state index contributed by atoms with van der Waals surface area (Å²) in [5.74, 6) is 0.00584. The van der Waals surface area contributed by atoms with Crippen LogP contribution in [0.3, 0.4) is 0 Å². The minimum atomic E-state index is -4.39. The molecule has 0 radical (unpaired) electrons. The fourth-order valence-corrected chi connectivity index (χ4v) is 4.18. The van der Waals surface area contributed by atoms with E-state index in [0.29, 0.717) is 15.9 Å². The van der Waals surface area contributed by atoms with Gasteiger partial charge in [0.05, 0.1) is 17.0 Å². The summed E-state index contributed by atoms with van der Waals surface area (Å²) in [5.41, 5.74) is -1.43. The van der Waals surface area contributed by atoms with Crippen LogP contribution in [0.4, 0.5) is 13.2 Å². The molecule has 1 amide bonds. The first-order valence-corrected chi connectivity index (χ1v) is 10.9. The smallest absolute Gasteiger partial charge is 0.342 e. The molecule has 0 spiro atoms. The van der Waals surface area contributed by atoms with Crippen molar-refractivity contribution < 1.29 is 18.0 Å². The lowest BCUT2D eigenvalue weighted by atomic mass is 9.93. The van der Waals surface area contributed by atoms with E-state index >= 15 is 0 Å². The molecule has 1 unspecified atom stereocenters. The first-order valence-electron chi connectivity index (χ1n) is 9.72. The number of pyridine rings is 1. The molecular weight excluding hydrogens is 525 g/mol. The van der Waals surface area contributed by atoms with Crippen molar-refractivity contribution in [3.8, 4) is 11.9 Å². The van der Waals surface area contributed by atoms with Crippen molar-refractivity contribution >= 4 is 33.4 Å². The Balaban J connectivity index is 1.60. The third kappa shape index (κ3) is 4.45. The van der Waals surface area contributed by atoms with Gasteiger partial charge in [-0.05, 0) is 67.3 Å². The standard InChI is InChI=1S/C21H15BrClF3N6O/c1-11(17-30-19(23)31-32(17)16-3-2-12(9-27)10-28-16)29-18(33)13-6-14(8-15(22)7-13)20(4-5-20)21(24,25)26/h2-3,6-8,10-11H,4-5H2,1H3,(H,29,33). The van der Waals surface area contributed by atoms with Gasteiger partial charge in [0.1, 0.15) is 6.07 Å². The van der Waals surface area contributed by atoms with E-state index in [0.717, 1.165) is 0 Å². The molecule has 0 aliphatic heterocycles. The number of nitrogens with zero attached hydrogens (tertiary/aromatic N) is 5. The van der Waals surface area contributed by atoms with Gasteiger partial charge in [-0.15, -0.1) is 5.10 Å². The minimum Gasteiger partial charge on any atom is -0.342 e. The van der Waals surface area contributed by atoms with E-state index in [4.69, 9.17) is 16.9 Å². The Morgan fingerprint density at radius 2 is 2.06 bits per heavy atom. The number of benzene rings is 1. The SMILES string of the molecule is CC(NC(=O)c1cc(Br)cc(C2(C(F)(F)F)CC2)c1)c1nc(Cl)nn1-c1ccc(C#N)cn1. The van der Waals surface area contributed by atoms with Gasteiger partial charge in [-0.3, -0.25) is 4.79 Å². The van der Waals surface area contributed by atoms with Gasteiger partial charge in [-0.1, -0.05) is 15.9 Å². The second-order valence-corrected chi connectivity index (χ2v) is 8.93. The quantitative estimate of drug-likeness (QED) is 0.490. The lowest BCUT2D eigenvalue weighted by Crippen LogP contribution is -2.31. The van der Waals surface area contributed by atoms with Gasteiger partial charge in [0.25, 0.3) is 5.91 Å². The average molecular weight is 540 g/mol. The van der Waals surface area contributed by atoms with Crippen LogP contribution in [-0.4, -0.2) is 31.8 Å². The molecule has 1 atom stereocenters. The second-order valence-electron chi connectivity index (χ2n) is 7.67. The van der Waals surface area contributed by atoms with Gasteiger partial charge < -0.3 is 5.32 Å². The van der Waals surface area contributed by atoms with Crippen molar-refractivity contribution in [3.05, 3.63) is 68.8 Å². The Hall–Kier alpha value is -2.97. The molecule has 1 aromatic carbocycles. The molecule has 1 aliphatic rings. The molecule has 3 aromatic rings. The molecule has 33 heavy (non-hydrogen) atoms. The maximum Gasteiger partial charge on any atom is 0.398 e. The van der Waals surface area contributed by atoms with Crippen LogP contribution < -0.4 is 5.32 Å². The highest BCUT2D eigenvalue weighted by atomic mass is 79.9. The van der Waals surface area contributed by atoms with Crippen molar-refractivity contribution in [1.29, 1.82) is 5.26 Å². The summed E-state index contributed by atoms with van der Waals surface area (Å²) in [6.45, 7) is 1.63. The highest BCUT2D eigenvalue weighted by molar-refractivity contribution is 9.10. The van der Waals surface area contributed by atoms with Gasteiger partial charge in [-0.25, -0.2) is 4.98 Å². The first-order chi connectivity index (χ1) is 15.5. The zero-order valence-corrected chi connectivity index (χ0v) is 19.3. The van der Waals surface area contributed by atoms with Crippen molar-refractivity contribution in [2.75, 3.05) is 0 Å².